The summed E-state index contributed by atoms with van der Waals surface area (Å²) in [4.78, 5) is 16.5. The Bertz CT molecular complexity index is 841. The lowest BCUT2D eigenvalue weighted by atomic mass is 10.1. The summed E-state index contributed by atoms with van der Waals surface area (Å²) in [5.41, 5.74) is 3.30. The molecule has 2 rings (SSSR count). The number of carbonyl (C=O) groups excluding carboxylic acids is 1. The maximum atomic E-state index is 12.1. The molecule has 0 saturated heterocycles. The number of nitrogens with zero attached hydrogens (tertiary/aromatic N) is 1. The summed E-state index contributed by atoms with van der Waals surface area (Å²) in [5, 5.41) is 9.31. The average Bonchev–Trinajstić information content (AvgIpc) is 2.77. The van der Waals surface area contributed by atoms with E-state index < -0.39 is 0 Å². The first-order valence-corrected chi connectivity index (χ1v) is 10.1. The summed E-state index contributed by atoms with van der Waals surface area (Å²) in [7, 11) is 3.31. The lowest BCUT2D eigenvalue weighted by Gasteiger charge is -2.12. The second kappa shape index (κ2) is 14.5. The lowest BCUT2D eigenvalue weighted by Crippen LogP contribution is -2.39. The molecule has 0 unspecified atom stereocenters. The molecule has 0 spiro atoms. The van der Waals surface area contributed by atoms with E-state index in [1.54, 1.807) is 14.2 Å². The average molecular weight is 540 g/mol. The van der Waals surface area contributed by atoms with Crippen LogP contribution in [-0.4, -0.2) is 45.7 Å². The van der Waals surface area contributed by atoms with Gasteiger partial charge in [0.1, 0.15) is 18.0 Å². The van der Waals surface area contributed by atoms with Crippen LogP contribution in [0, 0.1) is 6.92 Å². The van der Waals surface area contributed by atoms with Crippen molar-refractivity contribution in [1.82, 2.24) is 16.0 Å². The molecule has 0 aliphatic carbocycles. The van der Waals surface area contributed by atoms with E-state index in [-0.39, 0.29) is 36.4 Å². The smallest absolute Gasteiger partial charge is 0.242 e. The van der Waals surface area contributed by atoms with E-state index in [1.165, 1.54) is 5.56 Å². The third kappa shape index (κ3) is 9.46. The molecule has 0 radical (unpaired) electrons. The van der Waals surface area contributed by atoms with Crippen LogP contribution in [0.25, 0.3) is 0 Å². The number of aryl methyl sites for hydroxylation is 1. The number of rotatable bonds is 10. The van der Waals surface area contributed by atoms with Gasteiger partial charge < -0.3 is 25.4 Å². The van der Waals surface area contributed by atoms with E-state index in [9.17, 15) is 4.79 Å². The Morgan fingerprint density at radius 3 is 2.32 bits per heavy atom. The SMILES string of the molecule is CCNC(=NCC(=O)NCc1ccc(OC)cc1)NCCc1ccc(C)c(OC)c1.I. The van der Waals surface area contributed by atoms with Crippen LogP contribution >= 0.6 is 24.0 Å². The van der Waals surface area contributed by atoms with Gasteiger partial charge in [0.05, 0.1) is 14.2 Å². The molecule has 0 atom stereocenters. The molecule has 0 fully saturated rings. The summed E-state index contributed by atoms with van der Waals surface area (Å²) < 4.78 is 10.5. The number of hydrogen-bond acceptors (Lipinski definition) is 4. The van der Waals surface area contributed by atoms with Crippen molar-refractivity contribution in [3.8, 4) is 11.5 Å². The first-order chi connectivity index (χ1) is 14.5. The topological polar surface area (TPSA) is 84.0 Å². The van der Waals surface area contributed by atoms with Crippen LogP contribution in [0.1, 0.15) is 23.6 Å². The Kier molecular flexibility index (Phi) is 12.4. The van der Waals surface area contributed by atoms with Gasteiger partial charge in [-0.3, -0.25) is 4.79 Å². The molecular weight excluding hydrogens is 507 g/mol. The van der Waals surface area contributed by atoms with Crippen molar-refractivity contribution >= 4 is 35.8 Å². The number of halogens is 1. The molecule has 0 bridgehead atoms. The number of benzene rings is 2. The van der Waals surface area contributed by atoms with Crippen molar-refractivity contribution < 1.29 is 14.3 Å². The highest BCUT2D eigenvalue weighted by atomic mass is 127. The van der Waals surface area contributed by atoms with Gasteiger partial charge in [-0.1, -0.05) is 24.3 Å². The minimum Gasteiger partial charge on any atom is -0.497 e. The molecule has 31 heavy (non-hydrogen) atoms. The molecule has 7 nitrogen and oxygen atoms in total. The van der Waals surface area contributed by atoms with Crippen LogP contribution in [0.3, 0.4) is 0 Å². The number of aliphatic imine (C=N–C) groups is 1. The van der Waals surface area contributed by atoms with Crippen LogP contribution in [0.2, 0.25) is 0 Å². The van der Waals surface area contributed by atoms with Crippen LogP contribution in [0.15, 0.2) is 47.5 Å². The van der Waals surface area contributed by atoms with E-state index in [0.717, 1.165) is 35.6 Å². The summed E-state index contributed by atoms with van der Waals surface area (Å²) in [6.45, 7) is 5.95. The quantitative estimate of drug-likeness (QED) is 0.245. The molecule has 170 valence electrons. The number of carbonyl (C=O) groups is 1. The Hall–Kier alpha value is -2.49. The molecule has 3 N–H and O–H groups in total. The highest BCUT2D eigenvalue weighted by Gasteiger charge is 2.04. The summed E-state index contributed by atoms with van der Waals surface area (Å²) in [6.07, 6.45) is 0.824. The maximum Gasteiger partial charge on any atom is 0.242 e. The number of hydrogen-bond donors (Lipinski definition) is 3. The number of nitrogens with one attached hydrogen (secondary N) is 3. The number of ether oxygens (including phenoxy) is 2. The Morgan fingerprint density at radius 2 is 1.68 bits per heavy atom. The van der Waals surface area contributed by atoms with Gasteiger partial charge in [0.15, 0.2) is 5.96 Å². The second-order valence-electron chi connectivity index (χ2n) is 6.80. The number of methoxy groups -OCH3 is 2. The van der Waals surface area contributed by atoms with Crippen LogP contribution < -0.4 is 25.4 Å². The largest absolute Gasteiger partial charge is 0.497 e. The fourth-order valence-electron chi connectivity index (χ4n) is 2.84. The molecule has 1 amide bonds. The first kappa shape index (κ1) is 26.5. The Morgan fingerprint density at radius 1 is 0.968 bits per heavy atom. The fourth-order valence-corrected chi connectivity index (χ4v) is 2.84. The second-order valence-corrected chi connectivity index (χ2v) is 6.80. The van der Waals surface area contributed by atoms with Gasteiger partial charge in [0, 0.05) is 19.6 Å². The van der Waals surface area contributed by atoms with Crippen molar-refractivity contribution in [2.75, 3.05) is 33.9 Å². The standard InChI is InChI=1S/C23H32N4O3.HI/c1-5-24-23(25-13-12-18-7-6-17(2)21(14-18)30-4)27-16-22(28)26-15-19-8-10-20(29-3)11-9-19;/h6-11,14H,5,12-13,15-16H2,1-4H3,(H,26,28)(H2,24,25,27);1H. The van der Waals surface area contributed by atoms with Gasteiger partial charge in [-0.25, -0.2) is 4.99 Å². The molecule has 0 aliphatic rings. The Balaban J connectivity index is 0.00000480. The zero-order valence-electron chi connectivity index (χ0n) is 18.7. The van der Waals surface area contributed by atoms with E-state index >= 15 is 0 Å². The molecule has 2 aromatic rings. The van der Waals surface area contributed by atoms with Gasteiger partial charge in [0.25, 0.3) is 0 Å². The van der Waals surface area contributed by atoms with E-state index in [0.29, 0.717) is 19.0 Å². The van der Waals surface area contributed by atoms with Crippen molar-refractivity contribution in [2.24, 2.45) is 4.99 Å². The molecular formula is C23H33IN4O3. The van der Waals surface area contributed by atoms with Gasteiger partial charge >= 0.3 is 0 Å². The van der Waals surface area contributed by atoms with E-state index in [4.69, 9.17) is 9.47 Å². The molecule has 2 aromatic carbocycles. The normalized spacial score (nSPS) is 10.6. The molecule has 0 aliphatic heterocycles. The molecule has 0 saturated carbocycles. The maximum absolute atomic E-state index is 12.1. The van der Waals surface area contributed by atoms with Crippen molar-refractivity contribution in [3.63, 3.8) is 0 Å². The molecule has 8 heteroatoms. The van der Waals surface area contributed by atoms with Crippen LogP contribution in [-0.2, 0) is 17.8 Å². The zero-order valence-corrected chi connectivity index (χ0v) is 21.0. The Labute approximate surface area is 202 Å². The minimum absolute atomic E-state index is 0. The number of amides is 1. The van der Waals surface area contributed by atoms with Gasteiger partial charge in [0.2, 0.25) is 5.91 Å². The van der Waals surface area contributed by atoms with E-state index in [2.05, 4.69) is 33.1 Å². The highest BCUT2D eigenvalue weighted by Crippen LogP contribution is 2.19. The van der Waals surface area contributed by atoms with Crippen LogP contribution in [0.4, 0.5) is 0 Å². The van der Waals surface area contributed by atoms with Gasteiger partial charge in [-0.15, -0.1) is 24.0 Å². The minimum atomic E-state index is -0.133. The van der Waals surface area contributed by atoms with Gasteiger partial charge in [-0.2, -0.15) is 0 Å². The predicted octanol–water partition coefficient (Wildman–Crippen LogP) is 3.04. The third-order valence-electron chi connectivity index (χ3n) is 4.55. The first-order valence-electron chi connectivity index (χ1n) is 10.1. The summed E-state index contributed by atoms with van der Waals surface area (Å²) in [5.74, 6) is 2.17. The molecule has 0 heterocycles. The monoisotopic (exact) mass is 540 g/mol. The highest BCUT2D eigenvalue weighted by molar-refractivity contribution is 14.0. The molecule has 0 aromatic heterocycles. The van der Waals surface area contributed by atoms with Gasteiger partial charge in [-0.05, 0) is 55.2 Å². The summed E-state index contributed by atoms with van der Waals surface area (Å²) >= 11 is 0. The van der Waals surface area contributed by atoms with Crippen LogP contribution in [0.5, 0.6) is 11.5 Å². The van der Waals surface area contributed by atoms with Crippen molar-refractivity contribution in [1.29, 1.82) is 0 Å². The predicted molar refractivity (Wildman–Crippen MR) is 136 cm³/mol. The summed E-state index contributed by atoms with van der Waals surface area (Å²) in [6, 6.07) is 13.8. The third-order valence-corrected chi connectivity index (χ3v) is 4.55. The number of guanidine groups is 1. The van der Waals surface area contributed by atoms with Crippen molar-refractivity contribution in [2.45, 2.75) is 26.8 Å². The fraction of sp³-hybridized carbons (Fsp3) is 0.391. The zero-order chi connectivity index (χ0) is 21.8. The van der Waals surface area contributed by atoms with E-state index in [1.807, 2.05) is 44.2 Å². The van der Waals surface area contributed by atoms with Crippen molar-refractivity contribution in [3.05, 3.63) is 59.2 Å². The lowest BCUT2D eigenvalue weighted by molar-refractivity contribution is -0.119.